The zero-order valence-electron chi connectivity index (χ0n) is 22.6. The Hall–Kier alpha value is -4.26. The van der Waals surface area contributed by atoms with Crippen molar-refractivity contribution in [2.45, 2.75) is 40.2 Å². The minimum atomic E-state index is -0.239. The minimum Gasteiger partial charge on any atom is -0.491 e. The zero-order chi connectivity index (χ0) is 26.9. The fourth-order valence-electron chi connectivity index (χ4n) is 5.37. The molecule has 1 aromatic heterocycles. The Bertz CT molecular complexity index is 1560. The molecule has 0 aliphatic carbocycles. The Morgan fingerprint density at radius 2 is 1.74 bits per heavy atom. The van der Waals surface area contributed by atoms with Gasteiger partial charge in [0.05, 0.1) is 12.2 Å². The molecule has 0 radical (unpaired) electrons. The van der Waals surface area contributed by atoms with Crippen molar-refractivity contribution in [2.75, 3.05) is 29.9 Å². The van der Waals surface area contributed by atoms with Gasteiger partial charge in [0.2, 0.25) is 5.95 Å². The molecule has 2 aliphatic heterocycles. The smallest absolute Gasteiger partial charge is 0.224 e. The van der Waals surface area contributed by atoms with E-state index in [1.807, 2.05) is 26.0 Å². The second-order valence-electron chi connectivity index (χ2n) is 10.2. The molecule has 6 nitrogen and oxygen atoms in total. The number of benzene rings is 3. The maximum atomic E-state index is 13.6. The number of aromatic nitrogens is 2. The lowest BCUT2D eigenvalue weighted by molar-refractivity contribution is 0.331. The molecule has 6 rings (SSSR count). The Balaban J connectivity index is 1.36. The van der Waals surface area contributed by atoms with Crippen LogP contribution in [-0.4, -0.2) is 35.4 Å². The summed E-state index contributed by atoms with van der Waals surface area (Å²) >= 11 is 0. The molecule has 3 heterocycles. The van der Waals surface area contributed by atoms with Gasteiger partial charge in [-0.3, -0.25) is 4.99 Å². The van der Waals surface area contributed by atoms with Crippen LogP contribution in [-0.2, 0) is 19.4 Å². The number of aryl methyl sites for hydroxylation is 1. The van der Waals surface area contributed by atoms with Crippen molar-refractivity contribution in [1.82, 2.24) is 9.97 Å². The fraction of sp³-hybridized carbons (Fsp3) is 0.281. The summed E-state index contributed by atoms with van der Waals surface area (Å²) in [4.78, 5) is 16.7. The van der Waals surface area contributed by atoms with Crippen LogP contribution in [0.4, 0.5) is 21.8 Å². The number of anilines is 2. The van der Waals surface area contributed by atoms with Gasteiger partial charge in [-0.25, -0.2) is 9.37 Å². The number of ether oxygens (including phenoxy) is 1. The summed E-state index contributed by atoms with van der Waals surface area (Å²) in [6, 6.07) is 19.6. The van der Waals surface area contributed by atoms with Gasteiger partial charge in [-0.15, -0.1) is 0 Å². The molecule has 0 saturated heterocycles. The number of hydrogen-bond donors (Lipinski definition) is 1. The van der Waals surface area contributed by atoms with Crippen LogP contribution in [0.2, 0.25) is 0 Å². The van der Waals surface area contributed by atoms with Crippen molar-refractivity contribution < 1.29 is 9.13 Å². The molecule has 0 spiro atoms. The zero-order valence-corrected chi connectivity index (χ0v) is 22.6. The summed E-state index contributed by atoms with van der Waals surface area (Å²) in [6.45, 7) is 8.76. The maximum Gasteiger partial charge on any atom is 0.224 e. The molecule has 7 heteroatoms. The highest BCUT2D eigenvalue weighted by molar-refractivity contribution is 5.93. The number of rotatable bonds is 6. The van der Waals surface area contributed by atoms with Crippen molar-refractivity contribution in [2.24, 2.45) is 4.99 Å². The van der Waals surface area contributed by atoms with Gasteiger partial charge < -0.3 is 15.0 Å². The second kappa shape index (κ2) is 10.5. The van der Waals surface area contributed by atoms with Crippen molar-refractivity contribution in [1.29, 1.82) is 0 Å². The van der Waals surface area contributed by atoms with Gasteiger partial charge in [0.25, 0.3) is 0 Å². The number of hydrogen-bond acceptors (Lipinski definition) is 6. The molecular formula is C32H32FN5O. The van der Waals surface area contributed by atoms with E-state index >= 15 is 0 Å². The normalized spacial score (nSPS) is 14.3. The van der Waals surface area contributed by atoms with Crippen molar-refractivity contribution in [3.05, 3.63) is 94.4 Å². The number of halogens is 1. The SMILES string of the molecule is CCNc1nc(C)c(Cc2ccc(F)cc2)c(N2CCOc3ccc(-c4ccc5c(c4)N=C(C)C5)cc3C2)n1. The maximum absolute atomic E-state index is 13.6. The Morgan fingerprint density at radius 3 is 2.56 bits per heavy atom. The largest absolute Gasteiger partial charge is 0.491 e. The predicted octanol–water partition coefficient (Wildman–Crippen LogP) is 6.66. The molecule has 0 unspecified atom stereocenters. The average molecular weight is 522 g/mol. The lowest BCUT2D eigenvalue weighted by Crippen LogP contribution is -2.28. The van der Waals surface area contributed by atoms with Crippen LogP contribution in [0, 0.1) is 12.7 Å². The van der Waals surface area contributed by atoms with E-state index in [9.17, 15) is 4.39 Å². The first-order valence-corrected chi connectivity index (χ1v) is 13.5. The molecule has 3 aromatic carbocycles. The van der Waals surface area contributed by atoms with Crippen molar-refractivity contribution >= 4 is 23.2 Å². The van der Waals surface area contributed by atoms with Crippen LogP contribution in [0.25, 0.3) is 11.1 Å². The standard InChI is InChI=1S/C32H32FN5O/c1-4-34-32-36-21(3)28(16-22-5-10-27(33)11-6-22)31(37-32)38-13-14-39-30-12-9-23(17-26(30)19-38)24-7-8-25-15-20(2)35-29(25)18-24/h5-12,17-18H,4,13-16,19H2,1-3H3,(H,34,36,37). The van der Waals surface area contributed by atoms with Crippen LogP contribution in [0.1, 0.15) is 41.8 Å². The van der Waals surface area contributed by atoms with Crippen LogP contribution >= 0.6 is 0 Å². The predicted molar refractivity (Wildman–Crippen MR) is 155 cm³/mol. The molecular weight excluding hydrogens is 489 g/mol. The number of nitrogens with zero attached hydrogens (tertiary/aromatic N) is 4. The van der Waals surface area contributed by atoms with Crippen LogP contribution in [0.3, 0.4) is 0 Å². The Kier molecular flexibility index (Phi) is 6.73. The summed E-state index contributed by atoms with van der Waals surface area (Å²) in [6.07, 6.45) is 1.54. The van der Waals surface area contributed by atoms with Crippen molar-refractivity contribution in [3.63, 3.8) is 0 Å². The highest BCUT2D eigenvalue weighted by atomic mass is 19.1. The summed E-state index contributed by atoms with van der Waals surface area (Å²) in [5, 5.41) is 3.27. The molecule has 4 aromatic rings. The number of fused-ring (bicyclic) bond motifs is 2. The van der Waals surface area contributed by atoms with Gasteiger partial charge in [-0.05, 0) is 73.4 Å². The highest BCUT2D eigenvalue weighted by Crippen LogP contribution is 2.36. The Morgan fingerprint density at radius 1 is 0.949 bits per heavy atom. The fourth-order valence-corrected chi connectivity index (χ4v) is 5.37. The topological polar surface area (TPSA) is 62.6 Å². The summed E-state index contributed by atoms with van der Waals surface area (Å²) < 4.78 is 19.8. The number of nitrogens with one attached hydrogen (secondary N) is 1. The average Bonchev–Trinajstić information content (AvgIpc) is 3.17. The van der Waals surface area contributed by atoms with Gasteiger partial charge in [-0.2, -0.15) is 4.98 Å². The van der Waals surface area contributed by atoms with Gasteiger partial charge >= 0.3 is 0 Å². The van der Waals surface area contributed by atoms with Gasteiger partial charge in [0.15, 0.2) is 0 Å². The lowest BCUT2D eigenvalue weighted by atomic mass is 9.99. The molecule has 0 fully saturated rings. The lowest BCUT2D eigenvalue weighted by Gasteiger charge is -2.25. The molecule has 39 heavy (non-hydrogen) atoms. The van der Waals surface area contributed by atoms with E-state index < -0.39 is 0 Å². The molecule has 0 bridgehead atoms. The van der Waals surface area contributed by atoms with E-state index in [4.69, 9.17) is 19.7 Å². The van der Waals surface area contributed by atoms with Crippen LogP contribution in [0.15, 0.2) is 65.7 Å². The molecule has 0 amide bonds. The first kappa shape index (κ1) is 25.0. The van der Waals surface area contributed by atoms with Crippen LogP contribution < -0.4 is 15.0 Å². The van der Waals surface area contributed by atoms with Gasteiger partial charge in [0.1, 0.15) is 24.0 Å². The quantitative estimate of drug-likeness (QED) is 0.307. The van der Waals surface area contributed by atoms with Gasteiger partial charge in [-0.1, -0.05) is 30.3 Å². The van der Waals surface area contributed by atoms with Gasteiger partial charge in [0, 0.05) is 48.5 Å². The minimum absolute atomic E-state index is 0.239. The summed E-state index contributed by atoms with van der Waals surface area (Å²) in [5.74, 6) is 2.15. The van der Waals surface area contributed by atoms with E-state index in [-0.39, 0.29) is 5.82 Å². The summed E-state index contributed by atoms with van der Waals surface area (Å²) in [5.41, 5.74) is 9.86. The third kappa shape index (κ3) is 5.21. The molecule has 198 valence electrons. The number of aliphatic imine (C=N–C) groups is 1. The molecule has 0 atom stereocenters. The monoisotopic (exact) mass is 521 g/mol. The van der Waals surface area contributed by atoms with E-state index in [0.717, 1.165) is 69.4 Å². The van der Waals surface area contributed by atoms with E-state index in [2.05, 4.69) is 53.5 Å². The molecule has 0 saturated carbocycles. The highest BCUT2D eigenvalue weighted by Gasteiger charge is 2.23. The second-order valence-corrected chi connectivity index (χ2v) is 10.2. The van der Waals surface area contributed by atoms with E-state index in [1.54, 1.807) is 0 Å². The first-order chi connectivity index (χ1) is 19.0. The van der Waals surface area contributed by atoms with E-state index in [0.29, 0.717) is 32.1 Å². The first-order valence-electron chi connectivity index (χ1n) is 13.5. The van der Waals surface area contributed by atoms with E-state index in [1.165, 1.54) is 17.7 Å². The summed E-state index contributed by atoms with van der Waals surface area (Å²) in [7, 11) is 0. The molecule has 1 N–H and O–H groups in total. The molecule has 2 aliphatic rings. The third-order valence-electron chi connectivity index (χ3n) is 7.34. The van der Waals surface area contributed by atoms with Crippen LogP contribution in [0.5, 0.6) is 5.75 Å². The third-order valence-corrected chi connectivity index (χ3v) is 7.34. The Labute approximate surface area is 228 Å². The van der Waals surface area contributed by atoms with Crippen molar-refractivity contribution in [3.8, 4) is 16.9 Å².